The highest BCUT2D eigenvalue weighted by Gasteiger charge is 2.24. The second kappa shape index (κ2) is 7.98. The predicted molar refractivity (Wildman–Crippen MR) is 84.7 cm³/mol. The summed E-state index contributed by atoms with van der Waals surface area (Å²) >= 11 is 1.74. The Kier molecular flexibility index (Phi) is 6.97. The summed E-state index contributed by atoms with van der Waals surface area (Å²) in [5, 5.41) is 6.84. The summed E-state index contributed by atoms with van der Waals surface area (Å²) in [6.45, 7) is 13.1. The molecular formula is C15H29N3S. The number of aryl methyl sites for hydroxylation is 1. The molecule has 0 radical (unpaired) electrons. The number of thiazole rings is 1. The zero-order valence-electron chi connectivity index (χ0n) is 13.1. The minimum atomic E-state index is 0.352. The van der Waals surface area contributed by atoms with Crippen LogP contribution >= 0.6 is 11.3 Å². The van der Waals surface area contributed by atoms with Gasteiger partial charge in [-0.3, -0.25) is 4.90 Å². The van der Waals surface area contributed by atoms with Crippen LogP contribution in [0.4, 0.5) is 0 Å². The van der Waals surface area contributed by atoms with Crippen molar-refractivity contribution in [2.45, 2.75) is 47.1 Å². The lowest BCUT2D eigenvalue weighted by Gasteiger charge is -2.34. The molecule has 4 heteroatoms. The minimum absolute atomic E-state index is 0.352. The first-order chi connectivity index (χ1) is 8.99. The molecule has 0 aliphatic carbocycles. The van der Waals surface area contributed by atoms with Crippen molar-refractivity contribution in [1.29, 1.82) is 0 Å². The maximum Gasteiger partial charge on any atom is 0.0897 e. The summed E-state index contributed by atoms with van der Waals surface area (Å²) < 4.78 is 0. The minimum Gasteiger partial charge on any atom is -0.316 e. The van der Waals surface area contributed by atoms with Gasteiger partial charge in [-0.15, -0.1) is 11.3 Å². The van der Waals surface area contributed by atoms with Crippen molar-refractivity contribution in [2.75, 3.05) is 26.7 Å². The van der Waals surface area contributed by atoms with Crippen LogP contribution in [0.15, 0.2) is 5.38 Å². The lowest BCUT2D eigenvalue weighted by Crippen LogP contribution is -2.40. The second-order valence-electron chi connectivity index (χ2n) is 5.87. The number of nitrogens with zero attached hydrogens (tertiary/aromatic N) is 2. The molecule has 3 nitrogen and oxygen atoms in total. The van der Waals surface area contributed by atoms with E-state index in [0.717, 1.165) is 31.2 Å². The van der Waals surface area contributed by atoms with Gasteiger partial charge in [0.25, 0.3) is 0 Å². The maximum absolute atomic E-state index is 4.55. The molecule has 1 aromatic rings. The summed E-state index contributed by atoms with van der Waals surface area (Å²) in [4.78, 5) is 6.95. The molecule has 0 aliphatic rings. The first-order valence-electron chi connectivity index (χ1n) is 7.29. The van der Waals surface area contributed by atoms with Gasteiger partial charge >= 0.3 is 0 Å². The second-order valence-corrected chi connectivity index (χ2v) is 6.93. The van der Waals surface area contributed by atoms with Crippen LogP contribution in [0, 0.1) is 12.3 Å². The molecule has 0 spiro atoms. The molecule has 0 fully saturated rings. The number of aromatic nitrogens is 1. The van der Waals surface area contributed by atoms with E-state index < -0.39 is 0 Å². The Morgan fingerprint density at radius 2 is 2.16 bits per heavy atom. The molecule has 0 saturated heterocycles. The van der Waals surface area contributed by atoms with Crippen LogP contribution in [0.1, 0.15) is 44.3 Å². The van der Waals surface area contributed by atoms with Crippen molar-refractivity contribution >= 4 is 11.3 Å². The molecule has 1 aromatic heterocycles. The van der Waals surface area contributed by atoms with Gasteiger partial charge in [0, 0.05) is 25.0 Å². The first kappa shape index (κ1) is 16.6. The normalized spacial score (nSPS) is 14.8. The van der Waals surface area contributed by atoms with E-state index in [1.807, 2.05) is 0 Å². The van der Waals surface area contributed by atoms with E-state index >= 15 is 0 Å². The van der Waals surface area contributed by atoms with Crippen molar-refractivity contribution < 1.29 is 0 Å². The number of hydrogen-bond donors (Lipinski definition) is 1. The summed E-state index contributed by atoms with van der Waals surface area (Å²) in [5.74, 6) is 0. The molecule has 1 rings (SSSR count). The van der Waals surface area contributed by atoms with Crippen LogP contribution in [0.25, 0.3) is 0 Å². The first-order valence-corrected chi connectivity index (χ1v) is 8.17. The number of nitrogens with one attached hydrogen (secondary N) is 1. The van der Waals surface area contributed by atoms with Gasteiger partial charge < -0.3 is 5.32 Å². The van der Waals surface area contributed by atoms with E-state index in [1.54, 1.807) is 11.3 Å². The third kappa shape index (κ3) is 6.02. The number of rotatable bonds is 9. The number of hydrogen-bond acceptors (Lipinski definition) is 4. The fraction of sp³-hybridized carbons (Fsp3) is 0.800. The van der Waals surface area contributed by atoms with E-state index in [2.05, 4.69) is 55.3 Å². The standard InChI is InChI=1S/C15H29N3S/c1-6-8-15(4,11-16-7-2)12-18(5)9-14-10-19-13(3)17-14/h10,16H,6-9,11-12H2,1-5H3. The molecule has 1 N–H and O–H groups in total. The van der Waals surface area contributed by atoms with Crippen molar-refractivity contribution in [2.24, 2.45) is 5.41 Å². The fourth-order valence-corrected chi connectivity index (χ4v) is 3.32. The average molecular weight is 283 g/mol. The van der Waals surface area contributed by atoms with Crippen LogP contribution in [0.3, 0.4) is 0 Å². The summed E-state index contributed by atoms with van der Waals surface area (Å²) in [5.41, 5.74) is 1.55. The van der Waals surface area contributed by atoms with Crippen molar-refractivity contribution in [3.8, 4) is 0 Å². The van der Waals surface area contributed by atoms with Gasteiger partial charge in [-0.05, 0) is 32.4 Å². The maximum atomic E-state index is 4.55. The van der Waals surface area contributed by atoms with Crippen LogP contribution in [-0.4, -0.2) is 36.6 Å². The summed E-state index contributed by atoms with van der Waals surface area (Å²) in [6.07, 6.45) is 2.51. The Balaban J connectivity index is 2.52. The van der Waals surface area contributed by atoms with E-state index in [9.17, 15) is 0 Å². The zero-order valence-corrected chi connectivity index (χ0v) is 13.9. The summed E-state index contributed by atoms with van der Waals surface area (Å²) in [7, 11) is 2.20. The van der Waals surface area contributed by atoms with Crippen LogP contribution in [-0.2, 0) is 6.54 Å². The van der Waals surface area contributed by atoms with Crippen LogP contribution < -0.4 is 5.32 Å². The highest BCUT2D eigenvalue weighted by Crippen LogP contribution is 2.24. The van der Waals surface area contributed by atoms with E-state index in [1.165, 1.54) is 18.5 Å². The van der Waals surface area contributed by atoms with Gasteiger partial charge in [0.2, 0.25) is 0 Å². The zero-order chi connectivity index (χ0) is 14.3. The Morgan fingerprint density at radius 1 is 1.42 bits per heavy atom. The molecule has 0 aliphatic heterocycles. The third-order valence-corrected chi connectivity index (χ3v) is 4.23. The van der Waals surface area contributed by atoms with Gasteiger partial charge in [-0.2, -0.15) is 0 Å². The molecule has 1 unspecified atom stereocenters. The molecule has 0 aromatic carbocycles. The Morgan fingerprint density at radius 3 is 2.68 bits per heavy atom. The predicted octanol–water partition coefficient (Wildman–Crippen LogP) is 3.30. The molecule has 0 bridgehead atoms. The van der Waals surface area contributed by atoms with Crippen LogP contribution in [0.2, 0.25) is 0 Å². The highest BCUT2D eigenvalue weighted by atomic mass is 32.1. The fourth-order valence-electron chi connectivity index (χ4n) is 2.72. The van der Waals surface area contributed by atoms with E-state index in [-0.39, 0.29) is 0 Å². The Labute approximate surface area is 122 Å². The molecular weight excluding hydrogens is 254 g/mol. The van der Waals surface area contributed by atoms with Gasteiger partial charge in [-0.25, -0.2) is 4.98 Å². The van der Waals surface area contributed by atoms with Crippen molar-refractivity contribution in [3.63, 3.8) is 0 Å². The van der Waals surface area contributed by atoms with Crippen molar-refractivity contribution in [3.05, 3.63) is 16.1 Å². The highest BCUT2D eigenvalue weighted by molar-refractivity contribution is 7.09. The molecule has 110 valence electrons. The molecule has 0 amide bonds. The molecule has 19 heavy (non-hydrogen) atoms. The summed E-state index contributed by atoms with van der Waals surface area (Å²) in [6, 6.07) is 0. The van der Waals surface area contributed by atoms with Gasteiger partial charge in [-0.1, -0.05) is 27.2 Å². The molecule has 1 atom stereocenters. The van der Waals surface area contributed by atoms with Gasteiger partial charge in [0.05, 0.1) is 10.7 Å². The quantitative estimate of drug-likeness (QED) is 0.754. The lowest BCUT2D eigenvalue weighted by molar-refractivity contribution is 0.168. The lowest BCUT2D eigenvalue weighted by atomic mass is 9.85. The van der Waals surface area contributed by atoms with Crippen molar-refractivity contribution in [1.82, 2.24) is 15.2 Å². The van der Waals surface area contributed by atoms with Gasteiger partial charge in [0.15, 0.2) is 0 Å². The van der Waals surface area contributed by atoms with E-state index in [4.69, 9.17) is 0 Å². The molecule has 1 heterocycles. The van der Waals surface area contributed by atoms with Gasteiger partial charge in [0.1, 0.15) is 0 Å². The third-order valence-electron chi connectivity index (χ3n) is 3.41. The molecule has 0 saturated carbocycles. The Bertz CT molecular complexity index is 364. The monoisotopic (exact) mass is 283 g/mol. The van der Waals surface area contributed by atoms with E-state index in [0.29, 0.717) is 5.41 Å². The SMILES string of the molecule is CCCC(C)(CNCC)CN(C)Cc1csc(C)n1. The smallest absolute Gasteiger partial charge is 0.0897 e. The largest absolute Gasteiger partial charge is 0.316 e. The topological polar surface area (TPSA) is 28.2 Å². The Hall–Kier alpha value is -0.450. The average Bonchev–Trinajstić information content (AvgIpc) is 2.72. The van der Waals surface area contributed by atoms with Crippen LogP contribution in [0.5, 0.6) is 0 Å².